The Labute approximate surface area is 176 Å². The molecule has 0 bridgehead atoms. The highest BCUT2D eigenvalue weighted by Crippen LogP contribution is 2.09. The number of amides is 2. The van der Waals surface area contributed by atoms with Crippen LogP contribution in [0.5, 0.6) is 0 Å². The lowest BCUT2D eigenvalue weighted by Gasteiger charge is -2.25. The van der Waals surface area contributed by atoms with Gasteiger partial charge in [-0.05, 0) is 51.0 Å². The van der Waals surface area contributed by atoms with E-state index in [4.69, 9.17) is 11.5 Å². The lowest BCUT2D eigenvalue weighted by Crippen LogP contribution is -2.55. The van der Waals surface area contributed by atoms with E-state index < -0.39 is 18.1 Å². The molecule has 0 aromatic rings. The van der Waals surface area contributed by atoms with Gasteiger partial charge < -0.3 is 22.1 Å². The number of nitrogens with one attached hydrogen (secondary N) is 2. The fourth-order valence-electron chi connectivity index (χ4n) is 2.42. The van der Waals surface area contributed by atoms with Gasteiger partial charge in [0.2, 0.25) is 11.8 Å². The van der Waals surface area contributed by atoms with E-state index in [1.807, 2.05) is 27.7 Å². The van der Waals surface area contributed by atoms with Crippen molar-refractivity contribution in [3.8, 4) is 0 Å². The minimum atomic E-state index is -0.700. The van der Waals surface area contributed by atoms with Crippen LogP contribution in [-0.4, -0.2) is 42.3 Å². The maximum atomic E-state index is 12.6. The predicted molar refractivity (Wildman–Crippen MR) is 114 cm³/mol. The van der Waals surface area contributed by atoms with Crippen molar-refractivity contribution in [2.24, 2.45) is 23.3 Å². The summed E-state index contributed by atoms with van der Waals surface area (Å²) in [5.74, 6) is -0.605. The van der Waals surface area contributed by atoms with E-state index in [1.54, 1.807) is 0 Å². The van der Waals surface area contributed by atoms with Crippen molar-refractivity contribution in [2.45, 2.75) is 78.4 Å². The Morgan fingerprint density at radius 2 is 1.41 bits per heavy atom. The van der Waals surface area contributed by atoms with E-state index in [0.29, 0.717) is 19.4 Å². The van der Waals surface area contributed by atoms with Crippen LogP contribution in [0.2, 0.25) is 0 Å². The van der Waals surface area contributed by atoms with Gasteiger partial charge >= 0.3 is 0 Å². The molecule has 0 spiro atoms. The van der Waals surface area contributed by atoms with Crippen LogP contribution in [0.15, 0.2) is 0 Å². The van der Waals surface area contributed by atoms with Crippen molar-refractivity contribution in [1.29, 1.82) is 0 Å². The van der Waals surface area contributed by atoms with Crippen LogP contribution >= 0.6 is 24.8 Å². The average Bonchev–Trinajstić information content (AvgIpc) is 2.51. The van der Waals surface area contributed by atoms with Gasteiger partial charge in [0, 0.05) is 0 Å². The molecule has 0 heterocycles. The van der Waals surface area contributed by atoms with Gasteiger partial charge in [0.1, 0.15) is 6.04 Å². The largest absolute Gasteiger partial charge is 0.345 e. The van der Waals surface area contributed by atoms with Crippen molar-refractivity contribution in [2.75, 3.05) is 6.54 Å². The first-order chi connectivity index (χ1) is 11.6. The van der Waals surface area contributed by atoms with Gasteiger partial charge in [-0.3, -0.25) is 14.4 Å². The third-order valence-corrected chi connectivity index (χ3v) is 4.12. The van der Waals surface area contributed by atoms with Gasteiger partial charge in [-0.2, -0.15) is 0 Å². The molecule has 9 heteroatoms. The Morgan fingerprint density at radius 1 is 0.889 bits per heavy atom. The Balaban J connectivity index is -0.00000288. The number of hydrogen-bond donors (Lipinski definition) is 4. The van der Waals surface area contributed by atoms with Crippen LogP contribution in [0.4, 0.5) is 0 Å². The summed E-state index contributed by atoms with van der Waals surface area (Å²) in [6.07, 6.45) is 2.59. The molecule has 6 N–H and O–H groups in total. The van der Waals surface area contributed by atoms with Crippen LogP contribution in [-0.2, 0) is 14.4 Å². The number of Topliss-reactive ketones (excluding diaryl/α,β-unsaturated/α-hetero) is 1. The zero-order valence-electron chi connectivity index (χ0n) is 17.1. The molecule has 2 amide bonds. The minimum absolute atomic E-state index is 0. The van der Waals surface area contributed by atoms with E-state index in [0.717, 1.165) is 12.8 Å². The van der Waals surface area contributed by atoms with Crippen molar-refractivity contribution in [1.82, 2.24) is 10.6 Å². The summed E-state index contributed by atoms with van der Waals surface area (Å²) in [6.45, 7) is 9.66. The normalized spacial score (nSPS) is 13.8. The summed E-state index contributed by atoms with van der Waals surface area (Å²) >= 11 is 0. The zero-order chi connectivity index (χ0) is 19.6. The van der Waals surface area contributed by atoms with Gasteiger partial charge in [0.25, 0.3) is 0 Å². The molecule has 0 unspecified atom stereocenters. The summed E-state index contributed by atoms with van der Waals surface area (Å²) in [5.41, 5.74) is 11.3. The SMILES string of the molecule is CC(=O)[C@H](CCCCN)NC(=O)[C@H](CC(C)C)NC(=O)[C@H](N)C(C)C.Cl.Cl. The van der Waals surface area contributed by atoms with Gasteiger partial charge in [-0.1, -0.05) is 27.7 Å². The standard InChI is InChI=1S/C18H36N4O3.2ClH/c1-11(2)10-15(22-18(25)16(20)12(3)4)17(24)21-14(13(5)23)8-6-7-9-19;;/h11-12,14-16H,6-10,19-20H2,1-5H3,(H,21,24)(H,22,25);2*1H/t14-,15-,16+;;/m0../s1. The highest BCUT2D eigenvalue weighted by atomic mass is 35.5. The van der Waals surface area contributed by atoms with E-state index in [-0.39, 0.29) is 54.2 Å². The number of carbonyl (C=O) groups excluding carboxylic acids is 3. The van der Waals surface area contributed by atoms with Gasteiger partial charge in [-0.15, -0.1) is 24.8 Å². The molecule has 0 fully saturated rings. The van der Waals surface area contributed by atoms with Crippen LogP contribution in [0.25, 0.3) is 0 Å². The Bertz CT molecular complexity index is 448. The van der Waals surface area contributed by atoms with Crippen molar-refractivity contribution < 1.29 is 14.4 Å². The zero-order valence-corrected chi connectivity index (χ0v) is 18.8. The second-order valence-electron chi connectivity index (χ2n) is 7.42. The second kappa shape index (κ2) is 16.1. The summed E-state index contributed by atoms with van der Waals surface area (Å²) in [4.78, 5) is 36.6. The average molecular weight is 429 g/mol. The number of hydrogen-bond acceptors (Lipinski definition) is 5. The summed E-state index contributed by atoms with van der Waals surface area (Å²) in [7, 11) is 0. The number of halogens is 2. The molecular formula is C18H38Cl2N4O3. The molecule has 0 aromatic heterocycles. The first kappa shape index (κ1) is 30.8. The highest BCUT2D eigenvalue weighted by Gasteiger charge is 2.28. The Hall–Kier alpha value is -0.890. The fraction of sp³-hybridized carbons (Fsp3) is 0.833. The second-order valence-corrected chi connectivity index (χ2v) is 7.42. The first-order valence-electron chi connectivity index (χ1n) is 9.16. The summed E-state index contributed by atoms with van der Waals surface area (Å²) in [6, 6.07) is -1.92. The molecule has 0 radical (unpaired) electrons. The van der Waals surface area contributed by atoms with E-state index in [9.17, 15) is 14.4 Å². The van der Waals surface area contributed by atoms with Crippen LogP contribution in [0.3, 0.4) is 0 Å². The lowest BCUT2D eigenvalue weighted by atomic mass is 9.99. The number of ketones is 1. The fourth-order valence-corrected chi connectivity index (χ4v) is 2.42. The third kappa shape index (κ3) is 13.0. The molecule has 0 aromatic carbocycles. The molecule has 7 nitrogen and oxygen atoms in total. The molecule has 162 valence electrons. The molecular weight excluding hydrogens is 391 g/mol. The molecule has 0 aliphatic rings. The molecule has 0 saturated heterocycles. The van der Waals surface area contributed by atoms with Crippen LogP contribution in [0, 0.1) is 11.8 Å². The monoisotopic (exact) mass is 428 g/mol. The molecule has 0 saturated carbocycles. The number of unbranched alkanes of at least 4 members (excludes halogenated alkanes) is 1. The quantitative estimate of drug-likeness (QED) is 0.350. The maximum Gasteiger partial charge on any atom is 0.243 e. The lowest BCUT2D eigenvalue weighted by molar-refractivity contribution is -0.132. The smallest absolute Gasteiger partial charge is 0.243 e. The molecule has 0 rings (SSSR count). The van der Waals surface area contributed by atoms with E-state index in [1.165, 1.54) is 6.92 Å². The Morgan fingerprint density at radius 3 is 1.81 bits per heavy atom. The van der Waals surface area contributed by atoms with Crippen molar-refractivity contribution in [3.63, 3.8) is 0 Å². The molecule has 0 aliphatic heterocycles. The predicted octanol–water partition coefficient (Wildman–Crippen LogP) is 1.55. The number of nitrogens with two attached hydrogens (primary N) is 2. The van der Waals surface area contributed by atoms with Crippen LogP contribution < -0.4 is 22.1 Å². The highest BCUT2D eigenvalue weighted by molar-refractivity contribution is 5.93. The third-order valence-electron chi connectivity index (χ3n) is 4.12. The molecule has 3 atom stereocenters. The van der Waals surface area contributed by atoms with Gasteiger partial charge in [-0.25, -0.2) is 0 Å². The Kier molecular flexibility index (Phi) is 18.4. The van der Waals surface area contributed by atoms with Crippen molar-refractivity contribution >= 4 is 42.4 Å². The summed E-state index contributed by atoms with van der Waals surface area (Å²) in [5, 5.41) is 5.50. The van der Waals surface area contributed by atoms with Crippen molar-refractivity contribution in [3.05, 3.63) is 0 Å². The van der Waals surface area contributed by atoms with Crippen LogP contribution in [0.1, 0.15) is 60.3 Å². The van der Waals surface area contributed by atoms with Gasteiger partial charge in [0.05, 0.1) is 12.1 Å². The van der Waals surface area contributed by atoms with E-state index >= 15 is 0 Å². The van der Waals surface area contributed by atoms with Gasteiger partial charge in [0.15, 0.2) is 5.78 Å². The topological polar surface area (TPSA) is 127 Å². The molecule has 27 heavy (non-hydrogen) atoms. The molecule has 0 aliphatic carbocycles. The summed E-state index contributed by atoms with van der Waals surface area (Å²) < 4.78 is 0. The number of carbonyl (C=O) groups is 3. The maximum absolute atomic E-state index is 12.6. The minimum Gasteiger partial charge on any atom is -0.345 e. The van der Waals surface area contributed by atoms with E-state index in [2.05, 4.69) is 10.6 Å². The number of rotatable bonds is 12. The first-order valence-corrected chi connectivity index (χ1v) is 9.16.